The van der Waals surface area contributed by atoms with Gasteiger partial charge in [-0.1, -0.05) is 30.3 Å². The molecule has 2 aliphatic rings. The van der Waals surface area contributed by atoms with Crippen LogP contribution in [0.4, 0.5) is 0 Å². The lowest BCUT2D eigenvalue weighted by Gasteiger charge is -2.16. The summed E-state index contributed by atoms with van der Waals surface area (Å²) < 4.78 is 0. The summed E-state index contributed by atoms with van der Waals surface area (Å²) in [6.45, 7) is 4.30. The van der Waals surface area contributed by atoms with Gasteiger partial charge in [0.2, 0.25) is 0 Å². The third kappa shape index (κ3) is 2.94. The van der Waals surface area contributed by atoms with Crippen LogP contribution in [0.25, 0.3) is 0 Å². The van der Waals surface area contributed by atoms with Gasteiger partial charge in [0.1, 0.15) is 0 Å². The highest BCUT2D eigenvalue weighted by Crippen LogP contribution is 2.23. The molecule has 116 valence electrons. The van der Waals surface area contributed by atoms with Crippen molar-refractivity contribution in [3.8, 4) is 0 Å². The fourth-order valence-corrected chi connectivity index (χ4v) is 3.76. The van der Waals surface area contributed by atoms with Crippen LogP contribution in [0, 0.1) is 0 Å². The number of hydrogen-bond donors (Lipinski definition) is 2. The molecule has 0 spiro atoms. The van der Waals surface area contributed by atoms with E-state index in [0.717, 1.165) is 19.6 Å². The summed E-state index contributed by atoms with van der Waals surface area (Å²) in [7, 11) is 0. The number of aryl methyl sites for hydroxylation is 1. The first-order valence-corrected chi connectivity index (χ1v) is 8.43. The van der Waals surface area contributed by atoms with Gasteiger partial charge < -0.3 is 5.32 Å². The zero-order valence-electron chi connectivity index (χ0n) is 13.0. The van der Waals surface area contributed by atoms with Gasteiger partial charge in [-0.15, -0.1) is 0 Å². The lowest BCUT2D eigenvalue weighted by atomic mass is 10.2. The van der Waals surface area contributed by atoms with E-state index in [0.29, 0.717) is 6.04 Å². The number of nitrogens with one attached hydrogen (secondary N) is 2. The molecule has 1 aliphatic carbocycles. The molecule has 1 aliphatic heterocycles. The van der Waals surface area contributed by atoms with Gasteiger partial charge in [0.25, 0.3) is 0 Å². The second kappa shape index (κ2) is 6.23. The standard InChI is InChI=1S/C18H24N4/c1-2-5-14(6-3-1)12-22-10-9-15(13-22)19-11-18-16-7-4-8-17(16)20-21-18/h1-3,5-6,15,19H,4,7-13H2,(H,20,21)/t15-/m1/s1. The zero-order valence-corrected chi connectivity index (χ0v) is 13.0. The number of benzene rings is 1. The summed E-state index contributed by atoms with van der Waals surface area (Å²) >= 11 is 0. The Labute approximate surface area is 131 Å². The van der Waals surface area contributed by atoms with Crippen molar-refractivity contribution in [3.05, 3.63) is 52.8 Å². The van der Waals surface area contributed by atoms with E-state index < -0.39 is 0 Å². The first-order valence-electron chi connectivity index (χ1n) is 8.43. The van der Waals surface area contributed by atoms with E-state index >= 15 is 0 Å². The highest BCUT2D eigenvalue weighted by molar-refractivity contribution is 5.29. The number of hydrogen-bond acceptors (Lipinski definition) is 3. The van der Waals surface area contributed by atoms with Gasteiger partial charge in [0, 0.05) is 37.9 Å². The number of H-pyrrole nitrogens is 1. The summed E-state index contributed by atoms with van der Waals surface area (Å²) in [5, 5.41) is 11.4. The average molecular weight is 296 g/mol. The molecule has 1 aromatic carbocycles. The maximum absolute atomic E-state index is 4.48. The van der Waals surface area contributed by atoms with Crippen molar-refractivity contribution >= 4 is 0 Å². The molecule has 0 amide bonds. The minimum absolute atomic E-state index is 0.595. The van der Waals surface area contributed by atoms with Crippen molar-refractivity contribution in [2.24, 2.45) is 0 Å². The van der Waals surface area contributed by atoms with Crippen LogP contribution in [0.5, 0.6) is 0 Å². The quantitative estimate of drug-likeness (QED) is 0.889. The van der Waals surface area contributed by atoms with Gasteiger partial charge in [-0.2, -0.15) is 5.10 Å². The van der Waals surface area contributed by atoms with E-state index in [2.05, 4.69) is 50.7 Å². The van der Waals surface area contributed by atoms with Crippen molar-refractivity contribution in [2.45, 2.75) is 44.8 Å². The van der Waals surface area contributed by atoms with Crippen LogP contribution in [-0.2, 0) is 25.9 Å². The minimum atomic E-state index is 0.595. The molecule has 4 heteroatoms. The molecule has 2 N–H and O–H groups in total. The summed E-state index contributed by atoms with van der Waals surface area (Å²) in [5.41, 5.74) is 5.50. The highest BCUT2D eigenvalue weighted by Gasteiger charge is 2.23. The molecule has 4 rings (SSSR count). The van der Waals surface area contributed by atoms with Gasteiger partial charge in [0.15, 0.2) is 0 Å². The van der Waals surface area contributed by atoms with Gasteiger partial charge in [-0.05, 0) is 36.8 Å². The molecule has 1 aromatic heterocycles. The van der Waals surface area contributed by atoms with Crippen LogP contribution in [-0.4, -0.2) is 34.2 Å². The van der Waals surface area contributed by atoms with Crippen LogP contribution in [0.1, 0.15) is 35.4 Å². The summed E-state index contributed by atoms with van der Waals surface area (Å²) in [6, 6.07) is 11.4. The van der Waals surface area contributed by atoms with Crippen molar-refractivity contribution in [2.75, 3.05) is 13.1 Å². The predicted octanol–water partition coefficient (Wildman–Crippen LogP) is 2.26. The Morgan fingerprint density at radius 3 is 3.05 bits per heavy atom. The van der Waals surface area contributed by atoms with Gasteiger partial charge in [0.05, 0.1) is 5.69 Å². The smallest absolute Gasteiger partial charge is 0.0794 e. The Morgan fingerprint density at radius 2 is 2.14 bits per heavy atom. The van der Waals surface area contributed by atoms with E-state index in [9.17, 15) is 0 Å². The van der Waals surface area contributed by atoms with Gasteiger partial charge in [-0.3, -0.25) is 10.00 Å². The first-order chi connectivity index (χ1) is 10.9. The maximum Gasteiger partial charge on any atom is 0.0794 e. The fraction of sp³-hybridized carbons (Fsp3) is 0.500. The number of nitrogens with zero attached hydrogens (tertiary/aromatic N) is 2. The number of fused-ring (bicyclic) bond motifs is 1. The summed E-state index contributed by atoms with van der Waals surface area (Å²) in [6.07, 6.45) is 4.90. The van der Waals surface area contributed by atoms with E-state index in [-0.39, 0.29) is 0 Å². The van der Waals surface area contributed by atoms with E-state index in [1.165, 1.54) is 54.7 Å². The van der Waals surface area contributed by atoms with Crippen molar-refractivity contribution in [1.29, 1.82) is 0 Å². The van der Waals surface area contributed by atoms with Crippen molar-refractivity contribution < 1.29 is 0 Å². The molecule has 0 saturated carbocycles. The zero-order chi connectivity index (χ0) is 14.8. The molecule has 1 atom stereocenters. The average Bonchev–Trinajstić information content (AvgIpc) is 3.23. The Morgan fingerprint density at radius 1 is 1.23 bits per heavy atom. The largest absolute Gasteiger partial charge is 0.307 e. The first kappa shape index (κ1) is 14.0. The molecule has 0 radical (unpaired) electrons. The van der Waals surface area contributed by atoms with E-state index in [4.69, 9.17) is 0 Å². The molecule has 22 heavy (non-hydrogen) atoms. The topological polar surface area (TPSA) is 44.0 Å². The fourth-order valence-electron chi connectivity index (χ4n) is 3.76. The van der Waals surface area contributed by atoms with Crippen molar-refractivity contribution in [3.63, 3.8) is 0 Å². The maximum atomic E-state index is 4.48. The number of aromatic amines is 1. The Balaban J connectivity index is 1.28. The molecule has 1 saturated heterocycles. The van der Waals surface area contributed by atoms with Crippen molar-refractivity contribution in [1.82, 2.24) is 20.4 Å². The molecule has 2 aromatic rings. The predicted molar refractivity (Wildman–Crippen MR) is 87.6 cm³/mol. The van der Waals surface area contributed by atoms with E-state index in [1.807, 2.05) is 0 Å². The molecule has 1 fully saturated rings. The van der Waals surface area contributed by atoms with Gasteiger partial charge in [-0.25, -0.2) is 0 Å². The number of rotatable bonds is 5. The lowest BCUT2D eigenvalue weighted by Crippen LogP contribution is -2.32. The normalized spacial score (nSPS) is 21.4. The molecule has 0 unspecified atom stereocenters. The SMILES string of the molecule is c1ccc(CN2CC[C@@H](NCc3n[nH]c4c3CCC4)C2)cc1. The molecule has 2 heterocycles. The monoisotopic (exact) mass is 296 g/mol. The molecular formula is C18H24N4. The second-order valence-electron chi connectivity index (χ2n) is 6.57. The van der Waals surface area contributed by atoms with Crippen LogP contribution < -0.4 is 5.32 Å². The number of aromatic nitrogens is 2. The van der Waals surface area contributed by atoms with E-state index in [1.54, 1.807) is 0 Å². The van der Waals surface area contributed by atoms with Crippen LogP contribution in [0.2, 0.25) is 0 Å². The second-order valence-corrected chi connectivity index (χ2v) is 6.57. The molecule has 4 nitrogen and oxygen atoms in total. The van der Waals surface area contributed by atoms with Crippen LogP contribution in [0.3, 0.4) is 0 Å². The Bertz CT molecular complexity index is 619. The third-order valence-electron chi connectivity index (χ3n) is 4.97. The lowest BCUT2D eigenvalue weighted by molar-refractivity contribution is 0.319. The highest BCUT2D eigenvalue weighted by atomic mass is 15.2. The van der Waals surface area contributed by atoms with Crippen LogP contribution in [0.15, 0.2) is 30.3 Å². The Hall–Kier alpha value is -1.65. The third-order valence-corrected chi connectivity index (χ3v) is 4.97. The molecular weight excluding hydrogens is 272 g/mol. The Kier molecular flexibility index (Phi) is 3.95. The number of likely N-dealkylation sites (tertiary alicyclic amines) is 1. The minimum Gasteiger partial charge on any atom is -0.307 e. The molecule has 0 bridgehead atoms. The van der Waals surface area contributed by atoms with Gasteiger partial charge >= 0.3 is 0 Å². The van der Waals surface area contributed by atoms with Crippen LogP contribution >= 0.6 is 0 Å². The summed E-state index contributed by atoms with van der Waals surface area (Å²) in [4.78, 5) is 2.54. The summed E-state index contributed by atoms with van der Waals surface area (Å²) in [5.74, 6) is 0.